The SMILES string of the molecule is CC(CCCOc1ccc(C(F)(F)F)cn1)Nc1ccc(F)c(C(N)=O)c1F. The van der Waals surface area contributed by atoms with Gasteiger partial charge in [-0.05, 0) is 38.0 Å². The Bertz CT molecular complexity index is 825. The van der Waals surface area contributed by atoms with Crippen LogP contribution in [0.4, 0.5) is 27.6 Å². The van der Waals surface area contributed by atoms with Gasteiger partial charge in [0.05, 0.1) is 17.9 Å². The highest BCUT2D eigenvalue weighted by molar-refractivity contribution is 5.94. The molecule has 0 radical (unpaired) electrons. The van der Waals surface area contributed by atoms with E-state index in [0.717, 1.165) is 24.3 Å². The maximum Gasteiger partial charge on any atom is 0.417 e. The lowest BCUT2D eigenvalue weighted by atomic mass is 10.1. The van der Waals surface area contributed by atoms with Gasteiger partial charge >= 0.3 is 6.18 Å². The van der Waals surface area contributed by atoms with Crippen molar-refractivity contribution in [2.24, 2.45) is 5.73 Å². The third-order valence-electron chi connectivity index (χ3n) is 3.83. The van der Waals surface area contributed by atoms with Gasteiger partial charge in [-0.3, -0.25) is 4.79 Å². The molecular formula is C18H18F5N3O2. The van der Waals surface area contributed by atoms with Gasteiger partial charge in [0, 0.05) is 18.3 Å². The second kappa shape index (κ2) is 8.85. The average Bonchev–Trinajstić information content (AvgIpc) is 2.60. The Balaban J connectivity index is 1.83. The van der Waals surface area contributed by atoms with Crippen molar-refractivity contribution < 1.29 is 31.5 Å². The van der Waals surface area contributed by atoms with Crippen LogP contribution in [-0.4, -0.2) is 23.5 Å². The number of halogens is 5. The lowest BCUT2D eigenvalue weighted by molar-refractivity contribution is -0.137. The number of aromatic nitrogens is 1. The Morgan fingerprint density at radius 3 is 2.54 bits per heavy atom. The highest BCUT2D eigenvalue weighted by Gasteiger charge is 2.30. The fraction of sp³-hybridized carbons (Fsp3) is 0.333. The van der Waals surface area contributed by atoms with Gasteiger partial charge in [0.2, 0.25) is 5.88 Å². The first-order valence-electron chi connectivity index (χ1n) is 8.30. The summed E-state index contributed by atoms with van der Waals surface area (Å²) >= 11 is 0. The van der Waals surface area contributed by atoms with E-state index in [1.165, 1.54) is 0 Å². The molecule has 0 aliphatic carbocycles. The molecule has 0 spiro atoms. The van der Waals surface area contributed by atoms with Crippen LogP contribution in [0.1, 0.15) is 35.7 Å². The van der Waals surface area contributed by atoms with E-state index in [9.17, 15) is 26.7 Å². The van der Waals surface area contributed by atoms with Crippen LogP contribution >= 0.6 is 0 Å². The zero-order chi connectivity index (χ0) is 20.9. The minimum Gasteiger partial charge on any atom is -0.478 e. The zero-order valence-corrected chi connectivity index (χ0v) is 14.8. The molecule has 0 fully saturated rings. The first kappa shape index (κ1) is 21.4. The molecule has 3 N–H and O–H groups in total. The number of nitrogens with two attached hydrogens (primary N) is 1. The second-order valence-corrected chi connectivity index (χ2v) is 6.07. The van der Waals surface area contributed by atoms with Gasteiger partial charge in [-0.2, -0.15) is 13.2 Å². The number of hydrogen-bond acceptors (Lipinski definition) is 4. The number of carbonyl (C=O) groups is 1. The van der Waals surface area contributed by atoms with Crippen molar-refractivity contribution >= 4 is 11.6 Å². The molecule has 1 atom stereocenters. The van der Waals surface area contributed by atoms with Crippen molar-refractivity contribution in [2.75, 3.05) is 11.9 Å². The van der Waals surface area contributed by atoms with Crippen molar-refractivity contribution in [3.8, 4) is 5.88 Å². The van der Waals surface area contributed by atoms with Crippen LogP contribution in [0.3, 0.4) is 0 Å². The monoisotopic (exact) mass is 403 g/mol. The van der Waals surface area contributed by atoms with E-state index in [0.29, 0.717) is 19.0 Å². The molecule has 1 heterocycles. The standard InChI is InChI=1S/C18H18F5N3O2/c1-10(26-13-6-5-12(19)15(16(13)20)17(24)27)3-2-8-28-14-7-4-11(9-25-14)18(21,22)23/h4-7,9-10,26H,2-3,8H2,1H3,(H2,24,27). The number of primary amides is 1. The highest BCUT2D eigenvalue weighted by atomic mass is 19.4. The molecule has 1 amide bonds. The zero-order valence-electron chi connectivity index (χ0n) is 14.8. The van der Waals surface area contributed by atoms with E-state index >= 15 is 0 Å². The van der Waals surface area contributed by atoms with Crippen molar-refractivity contribution in [2.45, 2.75) is 32.0 Å². The van der Waals surface area contributed by atoms with Crippen molar-refractivity contribution in [3.05, 3.63) is 53.2 Å². The molecule has 1 unspecified atom stereocenters. The number of nitrogens with zero attached hydrogens (tertiary/aromatic N) is 1. The van der Waals surface area contributed by atoms with Crippen molar-refractivity contribution in [1.82, 2.24) is 4.98 Å². The van der Waals surface area contributed by atoms with Crippen molar-refractivity contribution in [1.29, 1.82) is 0 Å². The number of nitrogens with one attached hydrogen (secondary N) is 1. The highest BCUT2D eigenvalue weighted by Crippen LogP contribution is 2.29. The van der Waals surface area contributed by atoms with E-state index in [-0.39, 0.29) is 24.2 Å². The average molecular weight is 403 g/mol. The lowest BCUT2D eigenvalue weighted by Gasteiger charge is -2.17. The summed E-state index contributed by atoms with van der Waals surface area (Å²) in [6.45, 7) is 1.92. The predicted octanol–water partition coefficient (Wildman–Crippen LogP) is 4.14. The molecule has 0 aliphatic rings. The Labute approximate surface area is 157 Å². The van der Waals surface area contributed by atoms with Gasteiger partial charge in [0.1, 0.15) is 11.4 Å². The number of pyridine rings is 1. The maximum atomic E-state index is 14.2. The molecule has 5 nitrogen and oxygen atoms in total. The molecule has 2 aromatic rings. The van der Waals surface area contributed by atoms with Crippen LogP contribution in [0.5, 0.6) is 5.88 Å². The summed E-state index contributed by atoms with van der Waals surface area (Å²) in [6.07, 6.45) is -2.78. The Morgan fingerprint density at radius 1 is 1.25 bits per heavy atom. The quantitative estimate of drug-likeness (QED) is 0.513. The van der Waals surface area contributed by atoms with Crippen LogP contribution in [0, 0.1) is 11.6 Å². The summed E-state index contributed by atoms with van der Waals surface area (Å²) in [7, 11) is 0. The molecular weight excluding hydrogens is 385 g/mol. The van der Waals surface area contributed by atoms with Crippen LogP contribution in [0.25, 0.3) is 0 Å². The summed E-state index contributed by atoms with van der Waals surface area (Å²) in [6, 6.07) is 3.85. The van der Waals surface area contributed by atoms with Gasteiger partial charge in [-0.1, -0.05) is 0 Å². The van der Waals surface area contributed by atoms with E-state index in [2.05, 4.69) is 10.3 Å². The Morgan fingerprint density at radius 2 is 1.96 bits per heavy atom. The number of benzene rings is 1. The lowest BCUT2D eigenvalue weighted by Crippen LogP contribution is -2.20. The molecule has 0 saturated heterocycles. The van der Waals surface area contributed by atoms with Gasteiger partial charge in [-0.25, -0.2) is 13.8 Å². The molecule has 152 valence electrons. The smallest absolute Gasteiger partial charge is 0.417 e. The molecule has 1 aromatic heterocycles. The van der Waals surface area contributed by atoms with Crippen molar-refractivity contribution in [3.63, 3.8) is 0 Å². The number of carbonyl (C=O) groups excluding carboxylic acids is 1. The number of amides is 1. The number of anilines is 1. The van der Waals surface area contributed by atoms with Gasteiger partial charge in [0.25, 0.3) is 5.91 Å². The summed E-state index contributed by atoms with van der Waals surface area (Å²) in [4.78, 5) is 14.7. The molecule has 10 heteroatoms. The molecule has 2 rings (SSSR count). The first-order valence-corrected chi connectivity index (χ1v) is 8.30. The van der Waals surface area contributed by atoms with Gasteiger partial charge < -0.3 is 15.8 Å². The number of alkyl halides is 3. The fourth-order valence-corrected chi connectivity index (χ4v) is 2.43. The minimum absolute atomic E-state index is 0.0595. The van der Waals surface area contributed by atoms with Crippen LogP contribution in [0.15, 0.2) is 30.5 Å². The van der Waals surface area contributed by atoms with Crippen LogP contribution in [-0.2, 0) is 6.18 Å². The molecule has 0 bridgehead atoms. The van der Waals surface area contributed by atoms with Gasteiger partial charge in [0.15, 0.2) is 5.82 Å². The molecule has 0 aliphatic heterocycles. The number of rotatable bonds is 8. The summed E-state index contributed by atoms with van der Waals surface area (Å²) in [5.74, 6) is -3.25. The van der Waals surface area contributed by atoms with Crippen LogP contribution < -0.4 is 15.8 Å². The summed E-state index contributed by atoms with van der Waals surface area (Å²) < 4.78 is 70.3. The van der Waals surface area contributed by atoms with E-state index in [4.69, 9.17) is 10.5 Å². The predicted molar refractivity (Wildman–Crippen MR) is 91.9 cm³/mol. The third kappa shape index (κ3) is 5.54. The maximum absolute atomic E-state index is 14.2. The van der Waals surface area contributed by atoms with E-state index < -0.39 is 34.8 Å². The number of hydrogen-bond donors (Lipinski definition) is 2. The van der Waals surface area contributed by atoms with Crippen LogP contribution in [0.2, 0.25) is 0 Å². The van der Waals surface area contributed by atoms with E-state index in [1.807, 2.05) is 0 Å². The summed E-state index contributed by atoms with van der Waals surface area (Å²) in [5, 5.41) is 2.81. The largest absolute Gasteiger partial charge is 0.478 e. The summed E-state index contributed by atoms with van der Waals surface area (Å²) in [5.41, 5.74) is 3.23. The number of ether oxygens (including phenoxy) is 1. The fourth-order valence-electron chi connectivity index (χ4n) is 2.43. The van der Waals surface area contributed by atoms with Gasteiger partial charge in [-0.15, -0.1) is 0 Å². The minimum atomic E-state index is -4.46. The molecule has 28 heavy (non-hydrogen) atoms. The Kier molecular flexibility index (Phi) is 6.76. The van der Waals surface area contributed by atoms with E-state index in [1.54, 1.807) is 6.92 Å². The Hall–Kier alpha value is -2.91. The topological polar surface area (TPSA) is 77.2 Å². The normalized spacial score (nSPS) is 12.5. The second-order valence-electron chi connectivity index (χ2n) is 6.07. The molecule has 0 saturated carbocycles. The first-order chi connectivity index (χ1) is 13.1. The third-order valence-corrected chi connectivity index (χ3v) is 3.83. The molecule has 1 aromatic carbocycles.